The molecule has 5 aromatic rings. The van der Waals surface area contributed by atoms with Crippen molar-refractivity contribution in [1.82, 2.24) is 30.1 Å². The summed E-state index contributed by atoms with van der Waals surface area (Å²) in [6, 6.07) is 17.3. The Bertz CT molecular complexity index is 1650. The van der Waals surface area contributed by atoms with Crippen LogP contribution in [0.25, 0.3) is 10.9 Å². The normalized spacial score (nSPS) is 12.8. The molecule has 1 N–H and O–H groups in total. The number of tetrazole rings is 1. The lowest BCUT2D eigenvalue weighted by Gasteiger charge is -2.32. The largest absolute Gasteiger partial charge is 0.494 e. The third-order valence-corrected chi connectivity index (χ3v) is 7.08. The number of furan rings is 1. The maximum Gasteiger partial charge on any atom is 0.253 e. The van der Waals surface area contributed by atoms with Crippen molar-refractivity contribution in [2.24, 2.45) is 0 Å². The van der Waals surface area contributed by atoms with E-state index >= 15 is 0 Å². The standard InChI is InChI=1S/C31H36N6O3/c1-7-39-24-12-10-22(11-13-24)18-36(19-25-9-8-14-40-25)28(29-33-34-35-37(29)31(4,5)6)26-17-23-15-20(2)21(3)16-27(23)32-30(26)38/h8-17,28H,7,18-19H2,1-6H3,(H,32,38)/t28-/m1/s1. The molecular weight excluding hydrogens is 504 g/mol. The molecule has 0 unspecified atom stereocenters. The molecule has 0 aliphatic heterocycles. The third-order valence-electron chi connectivity index (χ3n) is 7.08. The van der Waals surface area contributed by atoms with Crippen molar-refractivity contribution in [2.75, 3.05) is 6.61 Å². The number of aromatic amines is 1. The summed E-state index contributed by atoms with van der Waals surface area (Å²) in [6.45, 7) is 13.8. The molecule has 208 valence electrons. The zero-order valence-electron chi connectivity index (χ0n) is 23.9. The van der Waals surface area contributed by atoms with Gasteiger partial charge in [0.2, 0.25) is 0 Å². The van der Waals surface area contributed by atoms with Gasteiger partial charge in [0.15, 0.2) is 5.82 Å². The van der Waals surface area contributed by atoms with Gasteiger partial charge >= 0.3 is 0 Å². The maximum absolute atomic E-state index is 13.8. The molecule has 0 saturated heterocycles. The van der Waals surface area contributed by atoms with Crippen LogP contribution in [0.4, 0.5) is 0 Å². The van der Waals surface area contributed by atoms with Crippen LogP contribution < -0.4 is 10.3 Å². The van der Waals surface area contributed by atoms with E-state index in [9.17, 15) is 4.79 Å². The van der Waals surface area contributed by atoms with Gasteiger partial charge in [-0.15, -0.1) is 5.10 Å². The molecule has 0 spiro atoms. The van der Waals surface area contributed by atoms with E-state index in [-0.39, 0.29) is 5.56 Å². The van der Waals surface area contributed by atoms with E-state index in [4.69, 9.17) is 9.15 Å². The van der Waals surface area contributed by atoms with Gasteiger partial charge in [-0.05, 0) is 117 Å². The number of pyridine rings is 1. The lowest BCUT2D eigenvalue weighted by atomic mass is 9.99. The Kier molecular flexibility index (Phi) is 7.58. The first-order chi connectivity index (χ1) is 19.1. The second-order valence-corrected chi connectivity index (χ2v) is 11.2. The summed E-state index contributed by atoms with van der Waals surface area (Å²) in [4.78, 5) is 19.1. The predicted molar refractivity (Wildman–Crippen MR) is 154 cm³/mol. The second kappa shape index (κ2) is 11.1. The highest BCUT2D eigenvalue weighted by atomic mass is 16.5. The zero-order chi connectivity index (χ0) is 28.4. The van der Waals surface area contributed by atoms with Crippen molar-refractivity contribution in [3.05, 3.63) is 105 Å². The van der Waals surface area contributed by atoms with Crippen molar-refractivity contribution >= 4 is 10.9 Å². The first-order valence-corrected chi connectivity index (χ1v) is 13.5. The van der Waals surface area contributed by atoms with Crippen LogP contribution in [0.3, 0.4) is 0 Å². The number of rotatable bonds is 9. The molecule has 0 radical (unpaired) electrons. The van der Waals surface area contributed by atoms with E-state index in [2.05, 4.69) is 38.4 Å². The Morgan fingerprint density at radius 3 is 2.48 bits per heavy atom. The van der Waals surface area contributed by atoms with Crippen LogP contribution in [0.1, 0.15) is 67.6 Å². The fourth-order valence-electron chi connectivity index (χ4n) is 4.97. The molecule has 0 aliphatic rings. The number of hydrogen-bond donors (Lipinski definition) is 1. The minimum Gasteiger partial charge on any atom is -0.494 e. The number of benzene rings is 2. The fraction of sp³-hybridized carbons (Fsp3) is 0.355. The Hall–Kier alpha value is -4.24. The molecule has 0 saturated carbocycles. The van der Waals surface area contributed by atoms with Crippen LogP contribution in [-0.4, -0.2) is 36.7 Å². The van der Waals surface area contributed by atoms with Crippen LogP contribution in [0, 0.1) is 13.8 Å². The lowest BCUT2D eigenvalue weighted by Crippen LogP contribution is -2.37. The van der Waals surface area contributed by atoms with E-state index in [0.29, 0.717) is 31.1 Å². The summed E-state index contributed by atoms with van der Waals surface area (Å²) >= 11 is 0. The van der Waals surface area contributed by atoms with Crippen LogP contribution in [-0.2, 0) is 18.6 Å². The number of nitrogens with one attached hydrogen (secondary N) is 1. The zero-order valence-corrected chi connectivity index (χ0v) is 23.9. The van der Waals surface area contributed by atoms with Gasteiger partial charge < -0.3 is 14.1 Å². The molecule has 1 atom stereocenters. The molecule has 2 aromatic carbocycles. The Morgan fingerprint density at radius 2 is 1.80 bits per heavy atom. The van der Waals surface area contributed by atoms with Gasteiger partial charge in [-0.25, -0.2) is 4.68 Å². The Balaban J connectivity index is 1.70. The number of aryl methyl sites for hydroxylation is 2. The van der Waals surface area contributed by atoms with E-state index in [0.717, 1.165) is 39.1 Å². The summed E-state index contributed by atoms with van der Waals surface area (Å²) in [5, 5.41) is 13.9. The van der Waals surface area contributed by atoms with Crippen LogP contribution in [0.15, 0.2) is 70.1 Å². The summed E-state index contributed by atoms with van der Waals surface area (Å²) in [6.07, 6.45) is 1.66. The third kappa shape index (κ3) is 5.70. The summed E-state index contributed by atoms with van der Waals surface area (Å²) < 4.78 is 13.2. The van der Waals surface area contributed by atoms with Crippen molar-refractivity contribution in [1.29, 1.82) is 0 Å². The van der Waals surface area contributed by atoms with Crippen LogP contribution >= 0.6 is 0 Å². The smallest absolute Gasteiger partial charge is 0.253 e. The van der Waals surface area contributed by atoms with Crippen molar-refractivity contribution in [3.63, 3.8) is 0 Å². The van der Waals surface area contributed by atoms with E-state index in [1.807, 2.05) is 83.1 Å². The highest BCUT2D eigenvalue weighted by Gasteiger charge is 2.34. The van der Waals surface area contributed by atoms with Gasteiger partial charge in [0, 0.05) is 17.6 Å². The average molecular weight is 541 g/mol. The second-order valence-electron chi connectivity index (χ2n) is 11.2. The average Bonchev–Trinajstić information content (AvgIpc) is 3.60. The van der Waals surface area contributed by atoms with Gasteiger partial charge in [0.1, 0.15) is 17.6 Å². The summed E-state index contributed by atoms with van der Waals surface area (Å²) in [7, 11) is 0. The molecule has 40 heavy (non-hydrogen) atoms. The molecule has 5 rings (SSSR count). The monoisotopic (exact) mass is 540 g/mol. The van der Waals surface area contributed by atoms with Crippen LogP contribution in [0.2, 0.25) is 0 Å². The molecule has 9 nitrogen and oxygen atoms in total. The molecule has 0 amide bonds. The lowest BCUT2D eigenvalue weighted by molar-refractivity contribution is 0.171. The number of H-pyrrole nitrogens is 1. The molecular formula is C31H36N6O3. The van der Waals surface area contributed by atoms with Crippen molar-refractivity contribution in [3.8, 4) is 5.75 Å². The van der Waals surface area contributed by atoms with Gasteiger partial charge in [-0.3, -0.25) is 9.69 Å². The minimum absolute atomic E-state index is 0.180. The molecule has 0 bridgehead atoms. The summed E-state index contributed by atoms with van der Waals surface area (Å²) in [5.41, 5.74) is 4.11. The molecule has 3 aromatic heterocycles. The molecule has 9 heteroatoms. The molecule has 0 fully saturated rings. The number of hydrogen-bond acceptors (Lipinski definition) is 7. The quantitative estimate of drug-likeness (QED) is 0.257. The van der Waals surface area contributed by atoms with E-state index in [1.54, 1.807) is 10.9 Å². The van der Waals surface area contributed by atoms with E-state index in [1.165, 1.54) is 0 Å². The van der Waals surface area contributed by atoms with Crippen LogP contribution in [0.5, 0.6) is 5.75 Å². The first-order valence-electron chi connectivity index (χ1n) is 13.5. The predicted octanol–water partition coefficient (Wildman–Crippen LogP) is 5.67. The minimum atomic E-state index is -0.569. The Labute approximate surface area is 233 Å². The van der Waals surface area contributed by atoms with Crippen molar-refractivity contribution < 1.29 is 9.15 Å². The summed E-state index contributed by atoms with van der Waals surface area (Å²) in [5.74, 6) is 2.17. The van der Waals surface area contributed by atoms with E-state index < -0.39 is 11.6 Å². The van der Waals surface area contributed by atoms with Gasteiger partial charge in [0.25, 0.3) is 5.56 Å². The topological polar surface area (TPSA) is 102 Å². The number of ether oxygens (including phenoxy) is 1. The number of aromatic nitrogens is 5. The maximum atomic E-state index is 13.8. The first kappa shape index (κ1) is 27.3. The molecule has 0 aliphatic carbocycles. The highest BCUT2D eigenvalue weighted by molar-refractivity contribution is 5.81. The SMILES string of the molecule is CCOc1ccc(CN(Cc2ccco2)[C@H](c2cc3cc(C)c(C)cc3[nH]c2=O)c2nnnn2C(C)(C)C)cc1. The van der Waals surface area contributed by atoms with Gasteiger partial charge in [-0.2, -0.15) is 0 Å². The highest BCUT2D eigenvalue weighted by Crippen LogP contribution is 2.32. The number of fused-ring (bicyclic) bond motifs is 1. The van der Waals surface area contributed by atoms with Crippen molar-refractivity contribution in [2.45, 2.75) is 66.2 Å². The molecule has 3 heterocycles. The fourth-order valence-corrected chi connectivity index (χ4v) is 4.97. The number of nitrogens with zero attached hydrogens (tertiary/aromatic N) is 5. The Morgan fingerprint density at radius 1 is 1.05 bits per heavy atom. The van der Waals surface area contributed by atoms with Gasteiger partial charge in [-0.1, -0.05) is 12.1 Å². The van der Waals surface area contributed by atoms with Gasteiger partial charge in [0.05, 0.1) is 25.0 Å².